The number of fused-ring (bicyclic) bond motifs is 1. The molecule has 0 radical (unpaired) electrons. The monoisotopic (exact) mass is 370 g/mol. The molecular formula is C23H22N4O. The zero-order chi connectivity index (χ0) is 19.3. The molecule has 5 heteroatoms. The second kappa shape index (κ2) is 7.96. The zero-order valence-corrected chi connectivity index (χ0v) is 15.7. The Morgan fingerprint density at radius 3 is 2.61 bits per heavy atom. The van der Waals surface area contributed by atoms with Crippen LogP contribution in [-0.4, -0.2) is 15.8 Å². The highest BCUT2D eigenvalue weighted by atomic mass is 16.2. The van der Waals surface area contributed by atoms with Crippen LogP contribution in [0.2, 0.25) is 0 Å². The van der Waals surface area contributed by atoms with Gasteiger partial charge in [0.2, 0.25) is 0 Å². The van der Waals surface area contributed by atoms with Gasteiger partial charge >= 0.3 is 6.03 Å². The van der Waals surface area contributed by atoms with Crippen molar-refractivity contribution in [2.24, 2.45) is 0 Å². The molecule has 1 heterocycles. The summed E-state index contributed by atoms with van der Waals surface area (Å²) in [5.74, 6) is 0. The maximum Gasteiger partial charge on any atom is 0.315 e. The van der Waals surface area contributed by atoms with Crippen molar-refractivity contribution in [3.63, 3.8) is 0 Å². The molecule has 0 aliphatic carbocycles. The van der Waals surface area contributed by atoms with E-state index in [9.17, 15) is 4.79 Å². The molecule has 0 saturated carbocycles. The first kappa shape index (κ1) is 17.8. The quantitative estimate of drug-likeness (QED) is 0.540. The molecule has 0 fully saturated rings. The van der Waals surface area contributed by atoms with Gasteiger partial charge in [-0.15, -0.1) is 0 Å². The minimum atomic E-state index is -0.201. The fourth-order valence-corrected chi connectivity index (χ4v) is 3.31. The Kier molecular flexibility index (Phi) is 5.06. The highest BCUT2D eigenvalue weighted by Crippen LogP contribution is 2.23. The van der Waals surface area contributed by atoms with Crippen LogP contribution in [0.1, 0.15) is 24.1 Å². The lowest BCUT2D eigenvalue weighted by Crippen LogP contribution is -2.36. The van der Waals surface area contributed by atoms with Crippen LogP contribution in [-0.2, 0) is 6.54 Å². The summed E-state index contributed by atoms with van der Waals surface area (Å²) in [6.07, 6.45) is 3.69. The van der Waals surface area contributed by atoms with Crippen molar-refractivity contribution in [3.8, 4) is 5.69 Å². The van der Waals surface area contributed by atoms with Gasteiger partial charge in [0.15, 0.2) is 0 Å². The molecule has 4 aromatic rings. The number of hydrogen-bond acceptors (Lipinski definition) is 2. The van der Waals surface area contributed by atoms with E-state index >= 15 is 0 Å². The lowest BCUT2D eigenvalue weighted by atomic mass is 10.00. The normalized spacial score (nSPS) is 11.9. The van der Waals surface area contributed by atoms with Crippen LogP contribution in [0.15, 0.2) is 85.2 Å². The van der Waals surface area contributed by atoms with E-state index in [2.05, 4.69) is 40.0 Å². The Hall–Kier alpha value is -3.60. The number of nitrogens with one attached hydrogen (secondary N) is 2. The van der Waals surface area contributed by atoms with E-state index < -0.39 is 0 Å². The fourth-order valence-electron chi connectivity index (χ4n) is 3.31. The molecule has 1 aromatic heterocycles. The number of rotatable bonds is 5. The van der Waals surface area contributed by atoms with Gasteiger partial charge in [0.25, 0.3) is 0 Å². The highest BCUT2D eigenvalue weighted by Gasteiger charge is 2.12. The standard InChI is InChI=1S/C23H22N4O/c1-17(21-13-7-9-19-8-5-6-12-22(19)21)26-23(28)24-14-18-15-25-27(16-18)20-10-3-2-4-11-20/h2-13,15-17H,14H2,1H3,(H2,24,26,28). The van der Waals surface area contributed by atoms with Crippen LogP contribution < -0.4 is 10.6 Å². The SMILES string of the molecule is CC(NC(=O)NCc1cnn(-c2ccccc2)c1)c1cccc2ccccc12. The maximum atomic E-state index is 12.4. The smallest absolute Gasteiger partial charge is 0.315 e. The maximum absolute atomic E-state index is 12.4. The third-order valence-corrected chi connectivity index (χ3v) is 4.75. The van der Waals surface area contributed by atoms with E-state index in [1.807, 2.05) is 61.7 Å². The van der Waals surface area contributed by atoms with Crippen molar-refractivity contribution in [2.45, 2.75) is 19.5 Å². The molecule has 2 amide bonds. The summed E-state index contributed by atoms with van der Waals surface area (Å²) in [7, 11) is 0. The Morgan fingerprint density at radius 2 is 1.75 bits per heavy atom. The molecule has 140 valence electrons. The molecule has 4 rings (SSSR count). The highest BCUT2D eigenvalue weighted by molar-refractivity contribution is 5.86. The topological polar surface area (TPSA) is 59.0 Å². The van der Waals surface area contributed by atoms with Crippen LogP contribution in [0.3, 0.4) is 0 Å². The molecule has 3 aromatic carbocycles. The molecule has 0 aliphatic heterocycles. The molecule has 1 atom stereocenters. The minimum absolute atomic E-state index is 0.0989. The Morgan fingerprint density at radius 1 is 1.00 bits per heavy atom. The van der Waals surface area contributed by atoms with Gasteiger partial charge in [0, 0.05) is 18.3 Å². The summed E-state index contributed by atoms with van der Waals surface area (Å²) in [4.78, 5) is 12.4. The van der Waals surface area contributed by atoms with Gasteiger partial charge in [-0.1, -0.05) is 60.7 Å². The van der Waals surface area contributed by atoms with Crippen molar-refractivity contribution in [3.05, 3.63) is 96.3 Å². The van der Waals surface area contributed by atoms with Crippen molar-refractivity contribution in [2.75, 3.05) is 0 Å². The first-order valence-corrected chi connectivity index (χ1v) is 9.32. The summed E-state index contributed by atoms with van der Waals surface area (Å²) in [6.45, 7) is 2.41. The van der Waals surface area contributed by atoms with E-state index in [-0.39, 0.29) is 12.1 Å². The number of benzene rings is 3. The largest absolute Gasteiger partial charge is 0.334 e. The molecule has 1 unspecified atom stereocenters. The van der Waals surface area contributed by atoms with Crippen molar-refractivity contribution < 1.29 is 4.79 Å². The predicted octanol–water partition coefficient (Wildman–Crippen LogP) is 4.59. The summed E-state index contributed by atoms with van der Waals surface area (Å²) in [5.41, 5.74) is 3.03. The summed E-state index contributed by atoms with van der Waals surface area (Å²) in [5, 5.41) is 12.6. The third kappa shape index (κ3) is 3.88. The van der Waals surface area contributed by atoms with Crippen LogP contribution in [0.4, 0.5) is 4.79 Å². The van der Waals surface area contributed by atoms with Gasteiger partial charge in [0.1, 0.15) is 0 Å². The number of amides is 2. The third-order valence-electron chi connectivity index (χ3n) is 4.75. The number of para-hydroxylation sites is 1. The van der Waals surface area contributed by atoms with E-state index in [1.54, 1.807) is 10.9 Å². The first-order chi connectivity index (χ1) is 13.7. The molecular weight excluding hydrogens is 348 g/mol. The molecule has 0 spiro atoms. The second-order valence-electron chi connectivity index (χ2n) is 6.75. The molecule has 0 aliphatic rings. The lowest BCUT2D eigenvalue weighted by Gasteiger charge is -2.17. The van der Waals surface area contributed by atoms with Crippen LogP contribution >= 0.6 is 0 Å². The number of urea groups is 1. The predicted molar refractivity (Wildman–Crippen MR) is 111 cm³/mol. The number of carbonyl (C=O) groups is 1. The van der Waals surface area contributed by atoms with Crippen LogP contribution in [0, 0.1) is 0 Å². The Balaban J connectivity index is 1.37. The van der Waals surface area contributed by atoms with E-state index in [4.69, 9.17) is 0 Å². The Bertz CT molecular complexity index is 1080. The summed E-state index contributed by atoms with van der Waals surface area (Å²) >= 11 is 0. The molecule has 2 N–H and O–H groups in total. The lowest BCUT2D eigenvalue weighted by molar-refractivity contribution is 0.237. The number of nitrogens with zero attached hydrogens (tertiary/aromatic N) is 2. The number of aromatic nitrogens is 2. The Labute approximate surface area is 164 Å². The number of carbonyl (C=O) groups excluding carboxylic acids is 1. The molecule has 5 nitrogen and oxygen atoms in total. The van der Waals surface area contributed by atoms with Crippen molar-refractivity contribution in [1.29, 1.82) is 0 Å². The van der Waals surface area contributed by atoms with Gasteiger partial charge in [-0.25, -0.2) is 9.48 Å². The van der Waals surface area contributed by atoms with Gasteiger partial charge in [-0.05, 0) is 35.4 Å². The zero-order valence-electron chi connectivity index (χ0n) is 15.7. The fraction of sp³-hybridized carbons (Fsp3) is 0.130. The second-order valence-corrected chi connectivity index (χ2v) is 6.75. The van der Waals surface area contributed by atoms with E-state index in [0.717, 1.165) is 22.2 Å². The summed E-state index contributed by atoms with van der Waals surface area (Å²) in [6, 6.07) is 23.9. The van der Waals surface area contributed by atoms with E-state index in [0.29, 0.717) is 6.54 Å². The number of hydrogen-bond donors (Lipinski definition) is 2. The average molecular weight is 370 g/mol. The van der Waals surface area contributed by atoms with Gasteiger partial charge in [0.05, 0.1) is 17.9 Å². The van der Waals surface area contributed by atoms with Gasteiger partial charge < -0.3 is 10.6 Å². The molecule has 0 bridgehead atoms. The first-order valence-electron chi connectivity index (χ1n) is 9.32. The van der Waals surface area contributed by atoms with E-state index in [1.165, 1.54) is 5.39 Å². The average Bonchev–Trinajstić information content (AvgIpc) is 3.21. The van der Waals surface area contributed by atoms with Gasteiger partial charge in [-0.3, -0.25) is 0 Å². The van der Waals surface area contributed by atoms with Crippen molar-refractivity contribution in [1.82, 2.24) is 20.4 Å². The minimum Gasteiger partial charge on any atom is -0.334 e. The van der Waals surface area contributed by atoms with Gasteiger partial charge in [-0.2, -0.15) is 5.10 Å². The van der Waals surface area contributed by atoms with Crippen molar-refractivity contribution >= 4 is 16.8 Å². The van der Waals surface area contributed by atoms with Crippen LogP contribution in [0.25, 0.3) is 16.5 Å². The summed E-state index contributed by atoms with van der Waals surface area (Å²) < 4.78 is 1.80. The molecule has 0 saturated heterocycles. The van der Waals surface area contributed by atoms with Crippen LogP contribution in [0.5, 0.6) is 0 Å². The molecule has 28 heavy (non-hydrogen) atoms.